The summed E-state index contributed by atoms with van der Waals surface area (Å²) in [5, 5.41) is 2.94. The number of nitrogens with one attached hydrogen (secondary N) is 2. The maximum absolute atomic E-state index is 12.2. The second-order valence-electron chi connectivity index (χ2n) is 5.58. The molecule has 0 aromatic carbocycles. The highest BCUT2D eigenvalue weighted by molar-refractivity contribution is 5.80. The molecule has 2 rings (SSSR count). The normalized spacial score (nSPS) is 18.4. The Labute approximate surface area is 124 Å². The lowest BCUT2D eigenvalue weighted by molar-refractivity contribution is -0.126. The predicted molar refractivity (Wildman–Crippen MR) is 78.7 cm³/mol. The number of amides is 3. The highest BCUT2D eigenvalue weighted by atomic mass is 16.2. The molecule has 1 aromatic heterocycles. The Hall–Kier alpha value is -2.05. The molecule has 1 atom stereocenters. The Bertz CT molecular complexity index is 472. The van der Waals surface area contributed by atoms with Crippen LogP contribution in [-0.2, 0) is 11.2 Å². The number of carbonyl (C=O) groups is 2. The van der Waals surface area contributed by atoms with Crippen LogP contribution in [0, 0.1) is 5.92 Å². The highest BCUT2D eigenvalue weighted by Gasteiger charge is 2.28. The van der Waals surface area contributed by atoms with Gasteiger partial charge in [-0.25, -0.2) is 9.78 Å². The molecule has 1 saturated heterocycles. The van der Waals surface area contributed by atoms with Crippen molar-refractivity contribution in [2.75, 3.05) is 33.7 Å². The van der Waals surface area contributed by atoms with Crippen LogP contribution in [0.1, 0.15) is 18.5 Å². The molecule has 21 heavy (non-hydrogen) atoms. The Morgan fingerprint density at radius 3 is 3.00 bits per heavy atom. The molecule has 7 heteroatoms. The van der Waals surface area contributed by atoms with E-state index in [1.165, 1.54) is 0 Å². The Morgan fingerprint density at radius 2 is 2.33 bits per heavy atom. The molecule has 7 nitrogen and oxygen atoms in total. The van der Waals surface area contributed by atoms with Crippen LogP contribution in [0.3, 0.4) is 0 Å². The van der Waals surface area contributed by atoms with Crippen molar-refractivity contribution in [1.29, 1.82) is 0 Å². The van der Waals surface area contributed by atoms with Gasteiger partial charge in [-0.2, -0.15) is 0 Å². The lowest BCUT2D eigenvalue weighted by Gasteiger charge is -2.33. The first-order chi connectivity index (χ1) is 10.1. The number of aromatic nitrogens is 2. The number of carbonyl (C=O) groups excluding carboxylic acids is 2. The number of rotatable bonds is 4. The number of nitrogens with zero attached hydrogens (tertiary/aromatic N) is 3. The van der Waals surface area contributed by atoms with Gasteiger partial charge in [0.05, 0.1) is 12.2 Å². The Kier molecular flexibility index (Phi) is 5.19. The topological polar surface area (TPSA) is 81.3 Å². The quantitative estimate of drug-likeness (QED) is 0.846. The van der Waals surface area contributed by atoms with E-state index < -0.39 is 0 Å². The van der Waals surface area contributed by atoms with E-state index in [1.54, 1.807) is 36.4 Å². The number of aromatic amines is 1. The SMILES string of the molecule is CN(C)C(=O)N1CCCC(C(=O)NCCc2cnc[nH]2)C1. The van der Waals surface area contributed by atoms with Gasteiger partial charge in [0.1, 0.15) is 0 Å². The third-order valence-corrected chi connectivity index (χ3v) is 3.69. The first-order valence-electron chi connectivity index (χ1n) is 7.29. The summed E-state index contributed by atoms with van der Waals surface area (Å²) in [6, 6.07) is -0.0232. The van der Waals surface area contributed by atoms with Crippen molar-refractivity contribution in [3.8, 4) is 0 Å². The molecule has 2 heterocycles. The smallest absolute Gasteiger partial charge is 0.319 e. The number of imidazole rings is 1. The minimum absolute atomic E-state index is 0.0232. The van der Waals surface area contributed by atoms with Gasteiger partial charge in [0.25, 0.3) is 0 Å². The molecule has 0 radical (unpaired) electrons. The fourth-order valence-corrected chi connectivity index (χ4v) is 2.53. The molecule has 0 bridgehead atoms. The first-order valence-corrected chi connectivity index (χ1v) is 7.29. The van der Waals surface area contributed by atoms with Crippen LogP contribution in [0.15, 0.2) is 12.5 Å². The number of hydrogen-bond acceptors (Lipinski definition) is 3. The van der Waals surface area contributed by atoms with E-state index in [4.69, 9.17) is 0 Å². The molecular formula is C14H23N5O2. The molecule has 116 valence electrons. The van der Waals surface area contributed by atoms with Gasteiger partial charge in [-0.3, -0.25) is 4.79 Å². The molecule has 1 aliphatic rings. The van der Waals surface area contributed by atoms with Crippen molar-refractivity contribution in [1.82, 2.24) is 25.1 Å². The van der Waals surface area contributed by atoms with Crippen LogP contribution in [0.5, 0.6) is 0 Å². The second kappa shape index (κ2) is 7.10. The fourth-order valence-electron chi connectivity index (χ4n) is 2.53. The predicted octanol–water partition coefficient (Wildman–Crippen LogP) is 0.462. The van der Waals surface area contributed by atoms with E-state index in [-0.39, 0.29) is 17.9 Å². The second-order valence-corrected chi connectivity index (χ2v) is 5.58. The van der Waals surface area contributed by atoms with Gasteiger partial charge in [-0.05, 0) is 12.8 Å². The standard InChI is InChI=1S/C14H23N5O2/c1-18(2)14(21)19-7-3-4-11(9-19)13(20)16-6-5-12-8-15-10-17-12/h8,10-11H,3-7,9H2,1-2H3,(H,15,17)(H,16,20). The Morgan fingerprint density at radius 1 is 1.52 bits per heavy atom. The molecule has 0 aliphatic carbocycles. The minimum Gasteiger partial charge on any atom is -0.355 e. The maximum Gasteiger partial charge on any atom is 0.319 e. The number of H-pyrrole nitrogens is 1. The van der Waals surface area contributed by atoms with Crippen molar-refractivity contribution in [2.45, 2.75) is 19.3 Å². The number of hydrogen-bond donors (Lipinski definition) is 2. The third-order valence-electron chi connectivity index (χ3n) is 3.69. The van der Waals surface area contributed by atoms with E-state index in [0.29, 0.717) is 13.1 Å². The number of likely N-dealkylation sites (tertiary alicyclic amines) is 1. The molecule has 1 unspecified atom stereocenters. The lowest BCUT2D eigenvalue weighted by Crippen LogP contribution is -2.48. The molecule has 1 fully saturated rings. The summed E-state index contributed by atoms with van der Waals surface area (Å²) in [7, 11) is 3.47. The molecule has 2 N–H and O–H groups in total. The summed E-state index contributed by atoms with van der Waals surface area (Å²) < 4.78 is 0. The van der Waals surface area contributed by atoms with Crippen LogP contribution in [0.2, 0.25) is 0 Å². The van der Waals surface area contributed by atoms with Crippen molar-refractivity contribution in [2.24, 2.45) is 5.92 Å². The van der Waals surface area contributed by atoms with Gasteiger partial charge in [0.15, 0.2) is 0 Å². The lowest BCUT2D eigenvalue weighted by atomic mass is 9.97. The van der Waals surface area contributed by atoms with E-state index >= 15 is 0 Å². The summed E-state index contributed by atoms with van der Waals surface area (Å²) in [5.74, 6) is -0.0739. The van der Waals surface area contributed by atoms with Crippen molar-refractivity contribution >= 4 is 11.9 Å². The van der Waals surface area contributed by atoms with Crippen LogP contribution in [0.25, 0.3) is 0 Å². The van der Waals surface area contributed by atoms with Crippen LogP contribution in [0.4, 0.5) is 4.79 Å². The average molecular weight is 293 g/mol. The summed E-state index contributed by atoms with van der Waals surface area (Å²) in [6.07, 6.45) is 5.83. The Balaban J connectivity index is 1.77. The third kappa shape index (κ3) is 4.21. The van der Waals surface area contributed by atoms with Crippen molar-refractivity contribution in [3.05, 3.63) is 18.2 Å². The van der Waals surface area contributed by atoms with E-state index in [0.717, 1.165) is 31.5 Å². The monoisotopic (exact) mass is 293 g/mol. The minimum atomic E-state index is -0.107. The van der Waals surface area contributed by atoms with Gasteiger partial charge >= 0.3 is 6.03 Å². The zero-order chi connectivity index (χ0) is 15.2. The molecule has 0 spiro atoms. The summed E-state index contributed by atoms with van der Waals surface area (Å²) >= 11 is 0. The molecular weight excluding hydrogens is 270 g/mol. The number of piperidine rings is 1. The van der Waals surface area contributed by atoms with E-state index in [2.05, 4.69) is 15.3 Å². The summed E-state index contributed by atoms with van der Waals surface area (Å²) in [5.41, 5.74) is 1.00. The zero-order valence-electron chi connectivity index (χ0n) is 12.6. The van der Waals surface area contributed by atoms with Gasteiger partial charge in [-0.15, -0.1) is 0 Å². The molecule has 1 aromatic rings. The number of urea groups is 1. The zero-order valence-corrected chi connectivity index (χ0v) is 12.6. The summed E-state index contributed by atoms with van der Waals surface area (Å²) in [4.78, 5) is 34.4. The molecule has 0 saturated carbocycles. The first kappa shape index (κ1) is 15.3. The fraction of sp³-hybridized carbons (Fsp3) is 0.643. The van der Waals surface area contributed by atoms with Crippen LogP contribution in [-0.4, -0.2) is 65.4 Å². The summed E-state index contributed by atoms with van der Waals surface area (Å²) in [6.45, 7) is 1.82. The van der Waals surface area contributed by atoms with Gasteiger partial charge < -0.3 is 20.1 Å². The van der Waals surface area contributed by atoms with Crippen molar-refractivity contribution < 1.29 is 9.59 Å². The largest absolute Gasteiger partial charge is 0.355 e. The van der Waals surface area contributed by atoms with Gasteiger partial charge in [0, 0.05) is 52.0 Å². The van der Waals surface area contributed by atoms with Crippen LogP contribution >= 0.6 is 0 Å². The van der Waals surface area contributed by atoms with Gasteiger partial charge in [-0.1, -0.05) is 0 Å². The molecule has 1 aliphatic heterocycles. The maximum atomic E-state index is 12.2. The highest BCUT2D eigenvalue weighted by Crippen LogP contribution is 2.17. The van der Waals surface area contributed by atoms with Crippen LogP contribution < -0.4 is 5.32 Å². The van der Waals surface area contributed by atoms with Gasteiger partial charge in [0.2, 0.25) is 5.91 Å². The average Bonchev–Trinajstić information content (AvgIpc) is 2.99. The van der Waals surface area contributed by atoms with E-state index in [1.807, 2.05) is 0 Å². The molecule has 3 amide bonds. The van der Waals surface area contributed by atoms with Crippen molar-refractivity contribution in [3.63, 3.8) is 0 Å². The van der Waals surface area contributed by atoms with E-state index in [9.17, 15) is 9.59 Å².